The average Bonchev–Trinajstić information content (AvgIpc) is 2.94. The molecule has 0 amide bonds. The van der Waals surface area contributed by atoms with Gasteiger partial charge >= 0.3 is 0 Å². The number of nitrogens with zero attached hydrogens (tertiary/aromatic N) is 4. The van der Waals surface area contributed by atoms with Crippen LogP contribution in [0.5, 0.6) is 0 Å². The molecule has 0 aliphatic carbocycles. The molecule has 0 saturated heterocycles. The van der Waals surface area contributed by atoms with E-state index in [1.807, 2.05) is 44.2 Å². The van der Waals surface area contributed by atoms with Gasteiger partial charge in [-0.2, -0.15) is 0 Å². The Morgan fingerprint density at radius 2 is 2.00 bits per heavy atom. The molecule has 0 bridgehead atoms. The molecule has 0 aliphatic heterocycles. The summed E-state index contributed by atoms with van der Waals surface area (Å²) in [4.78, 5) is 15.4. The first-order chi connectivity index (χ1) is 10.2. The summed E-state index contributed by atoms with van der Waals surface area (Å²) in [7, 11) is 0. The second-order valence-corrected chi connectivity index (χ2v) is 4.81. The van der Waals surface area contributed by atoms with E-state index in [9.17, 15) is 4.79 Å². The van der Waals surface area contributed by atoms with E-state index in [1.54, 1.807) is 17.1 Å². The first-order valence-electron chi connectivity index (χ1n) is 6.60. The Bertz CT molecular complexity index is 793. The maximum absolute atomic E-state index is 11.3. The molecule has 0 unspecified atom stereocenters. The van der Waals surface area contributed by atoms with Gasteiger partial charge in [0.15, 0.2) is 12.0 Å². The number of aldehydes is 1. The Labute approximate surface area is 122 Å². The molecule has 0 saturated carbocycles. The third kappa shape index (κ3) is 2.23. The minimum Gasteiger partial charge on any atom is -0.296 e. The molecular weight excluding hydrogens is 264 g/mol. The first-order valence-corrected chi connectivity index (χ1v) is 6.60. The third-order valence-electron chi connectivity index (χ3n) is 3.55. The zero-order valence-electron chi connectivity index (χ0n) is 11.8. The number of pyridine rings is 1. The number of aromatic nitrogens is 4. The molecule has 21 heavy (non-hydrogen) atoms. The Kier molecular flexibility index (Phi) is 3.31. The van der Waals surface area contributed by atoms with Gasteiger partial charge in [-0.05, 0) is 43.2 Å². The molecule has 104 valence electrons. The molecule has 1 aromatic carbocycles. The summed E-state index contributed by atoms with van der Waals surface area (Å²) in [5.41, 5.74) is 4.95. The topological polar surface area (TPSA) is 60.7 Å². The average molecular weight is 278 g/mol. The van der Waals surface area contributed by atoms with Gasteiger partial charge in [0.1, 0.15) is 5.69 Å². The van der Waals surface area contributed by atoms with Gasteiger partial charge in [-0.1, -0.05) is 17.3 Å². The minimum absolute atomic E-state index is 0.309. The second-order valence-electron chi connectivity index (χ2n) is 4.81. The summed E-state index contributed by atoms with van der Waals surface area (Å²) in [6.07, 6.45) is 4.11. The summed E-state index contributed by atoms with van der Waals surface area (Å²) >= 11 is 0. The van der Waals surface area contributed by atoms with Crippen LogP contribution >= 0.6 is 0 Å². The van der Waals surface area contributed by atoms with Crippen LogP contribution in [-0.4, -0.2) is 26.3 Å². The minimum atomic E-state index is 0.309. The van der Waals surface area contributed by atoms with Crippen LogP contribution < -0.4 is 0 Å². The summed E-state index contributed by atoms with van der Waals surface area (Å²) < 4.78 is 1.70. The lowest BCUT2D eigenvalue weighted by Crippen LogP contribution is -2.03. The smallest absolute Gasteiger partial charge is 0.172 e. The normalized spacial score (nSPS) is 10.6. The van der Waals surface area contributed by atoms with Crippen LogP contribution in [0, 0.1) is 13.8 Å². The summed E-state index contributed by atoms with van der Waals surface area (Å²) in [6.45, 7) is 4.07. The van der Waals surface area contributed by atoms with Gasteiger partial charge in [-0.25, -0.2) is 4.68 Å². The van der Waals surface area contributed by atoms with Gasteiger partial charge in [-0.15, -0.1) is 5.10 Å². The number of benzene rings is 1. The Hall–Kier alpha value is -2.82. The van der Waals surface area contributed by atoms with Crippen molar-refractivity contribution in [3.05, 3.63) is 59.5 Å². The predicted molar refractivity (Wildman–Crippen MR) is 79.5 cm³/mol. The molecule has 2 heterocycles. The fourth-order valence-corrected chi connectivity index (χ4v) is 2.28. The summed E-state index contributed by atoms with van der Waals surface area (Å²) in [6, 6.07) is 9.68. The number of carbonyl (C=O) groups excluding carboxylic acids is 1. The van der Waals surface area contributed by atoms with Gasteiger partial charge in [0.25, 0.3) is 0 Å². The highest BCUT2D eigenvalue weighted by Gasteiger charge is 2.17. The van der Waals surface area contributed by atoms with Crippen molar-refractivity contribution in [1.29, 1.82) is 0 Å². The molecule has 5 heteroatoms. The van der Waals surface area contributed by atoms with Gasteiger partial charge < -0.3 is 0 Å². The van der Waals surface area contributed by atoms with Gasteiger partial charge in [-0.3, -0.25) is 9.78 Å². The maximum Gasteiger partial charge on any atom is 0.172 e. The lowest BCUT2D eigenvalue weighted by atomic mass is 10.1. The predicted octanol–water partition coefficient (Wildman–Crippen LogP) is 2.76. The van der Waals surface area contributed by atoms with E-state index in [-0.39, 0.29) is 0 Å². The van der Waals surface area contributed by atoms with Crippen LogP contribution in [-0.2, 0) is 0 Å². The van der Waals surface area contributed by atoms with Crippen molar-refractivity contribution in [3.63, 3.8) is 0 Å². The molecular formula is C16H14N4O. The lowest BCUT2D eigenvalue weighted by molar-refractivity contribution is 0.111. The number of carbonyl (C=O) groups is 1. The summed E-state index contributed by atoms with van der Waals surface area (Å²) in [5, 5.41) is 8.12. The Balaban J connectivity index is 2.28. The zero-order valence-corrected chi connectivity index (χ0v) is 11.8. The van der Waals surface area contributed by atoms with E-state index in [0.29, 0.717) is 11.4 Å². The molecule has 0 aliphatic rings. The highest BCUT2D eigenvalue weighted by molar-refractivity contribution is 5.83. The van der Waals surface area contributed by atoms with Crippen LogP contribution in [0.15, 0.2) is 42.7 Å². The number of hydrogen-bond acceptors (Lipinski definition) is 4. The van der Waals surface area contributed by atoms with E-state index in [0.717, 1.165) is 28.7 Å². The van der Waals surface area contributed by atoms with Crippen molar-refractivity contribution in [2.75, 3.05) is 0 Å². The molecule has 0 N–H and O–H groups in total. The van der Waals surface area contributed by atoms with Crippen LogP contribution in [0.3, 0.4) is 0 Å². The Morgan fingerprint density at radius 1 is 1.14 bits per heavy atom. The van der Waals surface area contributed by atoms with Crippen molar-refractivity contribution in [3.8, 4) is 16.9 Å². The quantitative estimate of drug-likeness (QED) is 0.691. The second kappa shape index (κ2) is 5.28. The molecule has 5 nitrogen and oxygen atoms in total. The standard InChI is InChI=1S/C16H14N4O/c1-11-5-3-7-15(12(11)2)20-16(14(10-21)18-19-20)13-6-4-8-17-9-13/h3-10H,1-2H3. The zero-order chi connectivity index (χ0) is 14.8. The molecule has 0 radical (unpaired) electrons. The number of rotatable bonds is 3. The van der Waals surface area contributed by atoms with Gasteiger partial charge in [0, 0.05) is 18.0 Å². The van der Waals surface area contributed by atoms with Crippen LogP contribution in [0.1, 0.15) is 21.6 Å². The van der Waals surface area contributed by atoms with Gasteiger partial charge in [0.2, 0.25) is 0 Å². The number of hydrogen-bond donors (Lipinski definition) is 0. The van der Waals surface area contributed by atoms with E-state index in [4.69, 9.17) is 0 Å². The van der Waals surface area contributed by atoms with E-state index in [1.165, 1.54) is 0 Å². The van der Waals surface area contributed by atoms with Crippen molar-refractivity contribution >= 4 is 6.29 Å². The number of aryl methyl sites for hydroxylation is 1. The van der Waals surface area contributed by atoms with Crippen LogP contribution in [0.2, 0.25) is 0 Å². The van der Waals surface area contributed by atoms with Crippen LogP contribution in [0.25, 0.3) is 16.9 Å². The van der Waals surface area contributed by atoms with Crippen LogP contribution in [0.4, 0.5) is 0 Å². The molecule has 0 fully saturated rings. The summed E-state index contributed by atoms with van der Waals surface area (Å²) in [5.74, 6) is 0. The molecule has 0 spiro atoms. The fourth-order valence-electron chi connectivity index (χ4n) is 2.28. The largest absolute Gasteiger partial charge is 0.296 e. The van der Waals surface area contributed by atoms with Gasteiger partial charge in [0.05, 0.1) is 5.69 Å². The maximum atomic E-state index is 11.3. The monoisotopic (exact) mass is 278 g/mol. The van der Waals surface area contributed by atoms with Crippen molar-refractivity contribution in [2.24, 2.45) is 0 Å². The lowest BCUT2D eigenvalue weighted by Gasteiger charge is -2.11. The van der Waals surface area contributed by atoms with E-state index >= 15 is 0 Å². The highest BCUT2D eigenvalue weighted by Crippen LogP contribution is 2.26. The molecule has 3 rings (SSSR count). The Morgan fingerprint density at radius 3 is 2.71 bits per heavy atom. The third-order valence-corrected chi connectivity index (χ3v) is 3.55. The molecule has 3 aromatic rings. The van der Waals surface area contributed by atoms with Crippen molar-refractivity contribution < 1.29 is 4.79 Å². The fraction of sp³-hybridized carbons (Fsp3) is 0.125. The van der Waals surface area contributed by atoms with E-state index in [2.05, 4.69) is 15.3 Å². The molecule has 2 aromatic heterocycles. The van der Waals surface area contributed by atoms with Crippen molar-refractivity contribution in [1.82, 2.24) is 20.0 Å². The highest BCUT2D eigenvalue weighted by atomic mass is 16.1. The SMILES string of the molecule is Cc1cccc(-n2nnc(C=O)c2-c2cccnc2)c1C. The molecule has 0 atom stereocenters. The first kappa shape index (κ1) is 13.2. The van der Waals surface area contributed by atoms with Crippen molar-refractivity contribution in [2.45, 2.75) is 13.8 Å². The van der Waals surface area contributed by atoms with E-state index < -0.39 is 0 Å².